The van der Waals surface area contributed by atoms with E-state index in [9.17, 15) is 4.79 Å². The number of carbonyl (C=O) groups excluding carboxylic acids is 1. The quantitative estimate of drug-likeness (QED) is 0.578. The second kappa shape index (κ2) is 8.72. The fraction of sp³-hybridized carbons (Fsp3) is 0.409. The summed E-state index contributed by atoms with van der Waals surface area (Å²) in [5.74, 6) is 1.30. The van der Waals surface area contributed by atoms with Crippen LogP contribution in [0.15, 0.2) is 42.5 Å². The molecule has 1 aliphatic heterocycles. The smallest absolute Gasteiger partial charge is 0.410 e. The number of rotatable bonds is 5. The van der Waals surface area contributed by atoms with Gasteiger partial charge in [0, 0.05) is 5.02 Å². The third-order valence-electron chi connectivity index (χ3n) is 4.51. The van der Waals surface area contributed by atoms with Crippen LogP contribution in [-0.2, 0) is 11.3 Å². The van der Waals surface area contributed by atoms with Crippen LogP contribution in [0.4, 0.5) is 4.79 Å². The lowest BCUT2D eigenvalue weighted by Gasteiger charge is -2.45. The minimum atomic E-state index is -0.510. The zero-order valence-corrected chi connectivity index (χ0v) is 18.5. The van der Waals surface area contributed by atoms with Crippen LogP contribution in [0, 0.1) is 0 Å². The molecular formula is C22H25Cl2NO4. The SMILES string of the molecule is C[C@H]1C(Oc2cccc(COc3ccc(Cl)cc3Cl)c2)CN1C(=O)OC(C)(C)C. The molecule has 0 spiro atoms. The van der Waals surface area contributed by atoms with Crippen molar-refractivity contribution in [2.45, 2.75) is 52.0 Å². The Balaban J connectivity index is 1.55. The third kappa shape index (κ3) is 5.71. The topological polar surface area (TPSA) is 48.0 Å². The highest BCUT2D eigenvalue weighted by molar-refractivity contribution is 6.35. The average molecular weight is 438 g/mol. The molecule has 1 heterocycles. The summed E-state index contributed by atoms with van der Waals surface area (Å²) < 4.78 is 17.3. The number of nitrogens with zero attached hydrogens (tertiary/aromatic N) is 1. The van der Waals surface area contributed by atoms with Crippen LogP contribution in [0.2, 0.25) is 10.0 Å². The summed E-state index contributed by atoms with van der Waals surface area (Å²) in [5, 5.41) is 1.03. The van der Waals surface area contributed by atoms with E-state index in [4.69, 9.17) is 37.4 Å². The van der Waals surface area contributed by atoms with Crippen LogP contribution in [0.3, 0.4) is 0 Å². The molecule has 0 N–H and O–H groups in total. The molecule has 1 unspecified atom stereocenters. The largest absolute Gasteiger partial charge is 0.487 e. The van der Waals surface area contributed by atoms with Gasteiger partial charge < -0.3 is 14.2 Å². The highest BCUT2D eigenvalue weighted by Gasteiger charge is 2.42. The summed E-state index contributed by atoms with van der Waals surface area (Å²) >= 11 is 12.0. The van der Waals surface area contributed by atoms with E-state index in [0.717, 1.165) is 11.3 Å². The Hall–Kier alpha value is -2.11. The molecule has 0 aliphatic carbocycles. The van der Waals surface area contributed by atoms with E-state index in [1.165, 1.54) is 0 Å². The molecular weight excluding hydrogens is 413 g/mol. The lowest BCUT2D eigenvalue weighted by Crippen LogP contribution is -2.63. The second-order valence-corrected chi connectivity index (χ2v) is 8.88. The first-order valence-electron chi connectivity index (χ1n) is 9.45. The number of hydrogen-bond donors (Lipinski definition) is 0. The van der Waals surface area contributed by atoms with Gasteiger partial charge in [-0.2, -0.15) is 0 Å². The van der Waals surface area contributed by atoms with E-state index in [0.29, 0.717) is 28.9 Å². The number of hydrogen-bond acceptors (Lipinski definition) is 4. The predicted octanol–water partition coefficient (Wildman–Crippen LogP) is 5.96. The Labute approximate surface area is 181 Å². The van der Waals surface area contributed by atoms with Crippen molar-refractivity contribution in [1.82, 2.24) is 4.90 Å². The molecule has 0 bridgehead atoms. The Morgan fingerprint density at radius 3 is 2.59 bits per heavy atom. The van der Waals surface area contributed by atoms with Gasteiger partial charge in [0.15, 0.2) is 0 Å². The summed E-state index contributed by atoms with van der Waals surface area (Å²) in [6.07, 6.45) is -0.392. The minimum absolute atomic E-state index is 0.0577. The van der Waals surface area contributed by atoms with E-state index < -0.39 is 5.60 Å². The van der Waals surface area contributed by atoms with Crippen molar-refractivity contribution in [2.24, 2.45) is 0 Å². The van der Waals surface area contributed by atoms with Crippen molar-refractivity contribution >= 4 is 29.3 Å². The molecule has 0 aromatic heterocycles. The predicted molar refractivity (Wildman–Crippen MR) is 114 cm³/mol. The number of halogens is 2. The molecule has 1 aliphatic rings. The molecule has 2 aromatic carbocycles. The van der Waals surface area contributed by atoms with E-state index in [2.05, 4.69) is 0 Å². The minimum Gasteiger partial charge on any atom is -0.487 e. The average Bonchev–Trinajstić information content (AvgIpc) is 2.62. The number of benzene rings is 2. The van der Waals surface area contributed by atoms with Crippen LogP contribution >= 0.6 is 23.2 Å². The van der Waals surface area contributed by atoms with Gasteiger partial charge in [0.05, 0.1) is 17.6 Å². The first-order valence-corrected chi connectivity index (χ1v) is 10.2. The highest BCUT2D eigenvalue weighted by atomic mass is 35.5. The molecule has 2 aromatic rings. The van der Waals surface area contributed by atoms with Crippen molar-refractivity contribution in [1.29, 1.82) is 0 Å². The van der Waals surface area contributed by atoms with Crippen molar-refractivity contribution < 1.29 is 19.0 Å². The maximum Gasteiger partial charge on any atom is 0.410 e. The summed E-state index contributed by atoms with van der Waals surface area (Å²) in [6, 6.07) is 12.7. The molecule has 5 nitrogen and oxygen atoms in total. The van der Waals surface area contributed by atoms with E-state index >= 15 is 0 Å². The Kier molecular flexibility index (Phi) is 6.49. The molecule has 156 valence electrons. The monoisotopic (exact) mass is 437 g/mol. The standard InChI is InChI=1S/C22H25Cl2NO4/c1-14-20(12-25(14)21(26)29-22(2,3)4)28-17-7-5-6-15(10-17)13-27-19-9-8-16(23)11-18(19)24/h5-11,14,20H,12-13H2,1-4H3/t14-,20?/m0/s1. The third-order valence-corrected chi connectivity index (χ3v) is 5.04. The van der Waals surface area contributed by atoms with E-state index in [1.807, 2.05) is 52.0 Å². The number of carbonyl (C=O) groups is 1. The van der Waals surface area contributed by atoms with Gasteiger partial charge in [-0.15, -0.1) is 0 Å². The van der Waals surface area contributed by atoms with Gasteiger partial charge in [0.2, 0.25) is 0 Å². The molecule has 7 heteroatoms. The van der Waals surface area contributed by atoms with Crippen molar-refractivity contribution in [3.8, 4) is 11.5 Å². The molecule has 1 saturated heterocycles. The fourth-order valence-electron chi connectivity index (χ4n) is 2.91. The molecule has 3 rings (SSSR count). The van der Waals surface area contributed by atoms with Gasteiger partial charge in [-0.1, -0.05) is 35.3 Å². The molecule has 2 atom stereocenters. The van der Waals surface area contributed by atoms with Gasteiger partial charge >= 0.3 is 6.09 Å². The van der Waals surface area contributed by atoms with E-state index in [-0.39, 0.29) is 18.2 Å². The summed E-state index contributed by atoms with van der Waals surface area (Å²) in [4.78, 5) is 13.9. The van der Waals surface area contributed by atoms with E-state index in [1.54, 1.807) is 23.1 Å². The van der Waals surface area contributed by atoms with Gasteiger partial charge in [-0.05, 0) is 63.6 Å². The highest BCUT2D eigenvalue weighted by Crippen LogP contribution is 2.29. The number of amides is 1. The van der Waals surface area contributed by atoms with Gasteiger partial charge in [-0.3, -0.25) is 4.90 Å². The Bertz CT molecular complexity index is 881. The molecule has 0 radical (unpaired) electrons. The van der Waals surface area contributed by atoms with Crippen molar-refractivity contribution in [3.05, 3.63) is 58.1 Å². The van der Waals surface area contributed by atoms with Crippen LogP contribution < -0.4 is 9.47 Å². The Morgan fingerprint density at radius 1 is 1.17 bits per heavy atom. The molecule has 1 amide bonds. The van der Waals surface area contributed by atoms with Crippen LogP contribution in [-0.4, -0.2) is 35.3 Å². The van der Waals surface area contributed by atoms with Crippen molar-refractivity contribution in [2.75, 3.05) is 6.54 Å². The van der Waals surface area contributed by atoms with Gasteiger partial charge in [0.25, 0.3) is 0 Å². The molecule has 29 heavy (non-hydrogen) atoms. The second-order valence-electron chi connectivity index (χ2n) is 8.04. The maximum atomic E-state index is 12.2. The molecule has 0 saturated carbocycles. The Morgan fingerprint density at radius 2 is 1.93 bits per heavy atom. The lowest BCUT2D eigenvalue weighted by molar-refractivity contribution is -0.0536. The zero-order chi connectivity index (χ0) is 21.2. The summed E-state index contributed by atoms with van der Waals surface area (Å²) in [5.41, 5.74) is 0.439. The zero-order valence-electron chi connectivity index (χ0n) is 16.9. The number of likely N-dealkylation sites (tertiary alicyclic amines) is 1. The normalized spacial score (nSPS) is 18.8. The summed E-state index contributed by atoms with van der Waals surface area (Å²) in [6.45, 7) is 8.37. The fourth-order valence-corrected chi connectivity index (χ4v) is 3.37. The number of ether oxygens (including phenoxy) is 3. The van der Waals surface area contributed by atoms with Crippen LogP contribution in [0.5, 0.6) is 11.5 Å². The lowest BCUT2D eigenvalue weighted by atomic mass is 10.0. The van der Waals surface area contributed by atoms with Crippen LogP contribution in [0.25, 0.3) is 0 Å². The van der Waals surface area contributed by atoms with Gasteiger partial charge in [0.1, 0.15) is 29.8 Å². The van der Waals surface area contributed by atoms with Gasteiger partial charge in [-0.25, -0.2) is 4.79 Å². The summed E-state index contributed by atoms with van der Waals surface area (Å²) in [7, 11) is 0. The first-order chi connectivity index (χ1) is 13.6. The van der Waals surface area contributed by atoms with Crippen molar-refractivity contribution in [3.63, 3.8) is 0 Å². The molecule has 1 fully saturated rings. The first kappa shape index (κ1) is 21.6. The maximum absolute atomic E-state index is 12.2. The van der Waals surface area contributed by atoms with Crippen LogP contribution in [0.1, 0.15) is 33.3 Å².